The Morgan fingerprint density at radius 3 is 2.85 bits per heavy atom. The zero-order valence-corrected chi connectivity index (χ0v) is 11.8. The Bertz CT molecular complexity index is 646. The van der Waals surface area contributed by atoms with E-state index in [1.165, 1.54) is 23.8 Å². The number of fused-ring (bicyclic) bond motifs is 1. The first-order chi connectivity index (χ1) is 9.65. The molecule has 0 aliphatic heterocycles. The second kappa shape index (κ2) is 5.12. The van der Waals surface area contributed by atoms with Crippen LogP contribution in [-0.2, 0) is 0 Å². The zero-order valence-electron chi connectivity index (χ0n) is 11.8. The molecule has 1 aromatic carbocycles. The largest absolute Gasteiger partial charge is 0.388 e. The first-order valence-electron chi connectivity index (χ1n) is 7.11. The van der Waals surface area contributed by atoms with Crippen molar-refractivity contribution in [3.8, 4) is 0 Å². The number of pyridine rings is 1. The van der Waals surface area contributed by atoms with Gasteiger partial charge in [0.1, 0.15) is 5.82 Å². The quantitative estimate of drug-likeness (QED) is 0.647. The highest BCUT2D eigenvalue weighted by Gasteiger charge is 2.30. The van der Waals surface area contributed by atoms with Crippen LogP contribution >= 0.6 is 0 Å². The molecule has 1 saturated carbocycles. The van der Waals surface area contributed by atoms with Crippen LogP contribution in [0, 0.1) is 12.3 Å². The van der Waals surface area contributed by atoms with Crippen LogP contribution in [0.25, 0.3) is 10.9 Å². The summed E-state index contributed by atoms with van der Waals surface area (Å²) in [6, 6.07) is 11.0. The first kappa shape index (κ1) is 12.9. The van der Waals surface area contributed by atoms with E-state index >= 15 is 0 Å². The Hall–Kier alpha value is -2.10. The number of aromatic nitrogens is 1. The van der Waals surface area contributed by atoms with Crippen LogP contribution in [-0.4, -0.2) is 23.4 Å². The molecule has 20 heavy (non-hydrogen) atoms. The lowest BCUT2D eigenvalue weighted by Crippen LogP contribution is -2.31. The number of nitrogens with two attached hydrogens (primary N) is 1. The fourth-order valence-corrected chi connectivity index (χ4v) is 2.59. The average molecular weight is 268 g/mol. The van der Waals surface area contributed by atoms with Crippen molar-refractivity contribution in [2.24, 2.45) is 5.73 Å². The SMILES string of the molecule is Cc1cc2ccccc2nc1N(CCC(=N)N)C1CC1. The van der Waals surface area contributed by atoms with Crippen LogP contribution < -0.4 is 10.6 Å². The van der Waals surface area contributed by atoms with Crippen LogP contribution in [0.4, 0.5) is 5.82 Å². The third-order valence-electron chi connectivity index (χ3n) is 3.77. The second-order valence-electron chi connectivity index (χ2n) is 5.52. The lowest BCUT2D eigenvalue weighted by atomic mass is 10.1. The van der Waals surface area contributed by atoms with E-state index in [1.54, 1.807) is 0 Å². The van der Waals surface area contributed by atoms with E-state index in [1.807, 2.05) is 18.2 Å². The number of rotatable bonds is 5. The maximum atomic E-state index is 7.43. The Morgan fingerprint density at radius 1 is 1.40 bits per heavy atom. The van der Waals surface area contributed by atoms with Crippen LogP contribution in [0.15, 0.2) is 30.3 Å². The van der Waals surface area contributed by atoms with Crippen molar-refractivity contribution in [2.45, 2.75) is 32.2 Å². The normalized spacial score (nSPS) is 14.4. The fraction of sp³-hybridized carbons (Fsp3) is 0.375. The number of benzene rings is 1. The number of hydrogen-bond acceptors (Lipinski definition) is 3. The predicted octanol–water partition coefficient (Wildman–Crippen LogP) is 2.84. The highest BCUT2D eigenvalue weighted by atomic mass is 15.2. The van der Waals surface area contributed by atoms with Crippen molar-refractivity contribution in [3.63, 3.8) is 0 Å². The van der Waals surface area contributed by atoms with E-state index < -0.39 is 0 Å². The number of amidine groups is 1. The van der Waals surface area contributed by atoms with Gasteiger partial charge in [0.2, 0.25) is 0 Å². The summed E-state index contributed by atoms with van der Waals surface area (Å²) in [4.78, 5) is 7.15. The third-order valence-corrected chi connectivity index (χ3v) is 3.77. The molecule has 0 saturated heterocycles. The minimum absolute atomic E-state index is 0.245. The summed E-state index contributed by atoms with van der Waals surface area (Å²) >= 11 is 0. The van der Waals surface area contributed by atoms with E-state index in [4.69, 9.17) is 16.1 Å². The number of nitrogens with zero attached hydrogens (tertiary/aromatic N) is 2. The summed E-state index contributed by atoms with van der Waals surface area (Å²) < 4.78 is 0. The molecular formula is C16H20N4. The van der Waals surface area contributed by atoms with Gasteiger partial charge in [-0.15, -0.1) is 0 Å². The summed E-state index contributed by atoms with van der Waals surface area (Å²) in [7, 11) is 0. The maximum Gasteiger partial charge on any atom is 0.132 e. The standard InChI is InChI=1S/C16H20N4/c1-11-10-12-4-2-3-5-14(12)19-16(11)20(13-6-7-13)9-8-15(17)18/h2-5,10,13H,6-9H2,1H3,(H3,17,18). The van der Waals surface area contributed by atoms with Gasteiger partial charge in [-0.05, 0) is 37.5 Å². The molecule has 104 valence electrons. The lowest BCUT2D eigenvalue weighted by molar-refractivity contribution is 0.780. The molecule has 1 aromatic heterocycles. The van der Waals surface area contributed by atoms with E-state index in [-0.39, 0.29) is 5.84 Å². The molecule has 0 bridgehead atoms. The van der Waals surface area contributed by atoms with E-state index in [9.17, 15) is 0 Å². The number of anilines is 1. The molecule has 0 amide bonds. The smallest absolute Gasteiger partial charge is 0.132 e. The van der Waals surface area contributed by atoms with Gasteiger partial charge in [-0.1, -0.05) is 18.2 Å². The summed E-state index contributed by atoms with van der Waals surface area (Å²) in [5.41, 5.74) is 7.73. The minimum atomic E-state index is 0.245. The predicted molar refractivity (Wildman–Crippen MR) is 83.4 cm³/mol. The molecule has 0 radical (unpaired) electrons. The first-order valence-corrected chi connectivity index (χ1v) is 7.11. The van der Waals surface area contributed by atoms with Gasteiger partial charge < -0.3 is 10.6 Å². The van der Waals surface area contributed by atoms with E-state index in [2.05, 4.69) is 24.0 Å². The van der Waals surface area contributed by atoms with Crippen LogP contribution in [0.3, 0.4) is 0 Å². The van der Waals surface area contributed by atoms with Gasteiger partial charge in [-0.3, -0.25) is 5.41 Å². The van der Waals surface area contributed by atoms with Gasteiger partial charge in [0, 0.05) is 24.4 Å². The molecule has 1 fully saturated rings. The van der Waals surface area contributed by atoms with Crippen molar-refractivity contribution in [2.75, 3.05) is 11.4 Å². The Labute approximate surface area is 119 Å². The monoisotopic (exact) mass is 268 g/mol. The summed E-state index contributed by atoms with van der Waals surface area (Å²) in [6.45, 7) is 2.89. The molecule has 4 nitrogen and oxygen atoms in total. The molecule has 3 rings (SSSR count). The van der Waals surface area contributed by atoms with Crippen LogP contribution in [0.1, 0.15) is 24.8 Å². The number of hydrogen-bond donors (Lipinski definition) is 2. The van der Waals surface area contributed by atoms with Crippen LogP contribution in [0.2, 0.25) is 0 Å². The third kappa shape index (κ3) is 2.59. The summed E-state index contributed by atoms with van der Waals surface area (Å²) in [5.74, 6) is 1.29. The van der Waals surface area contributed by atoms with Crippen molar-refractivity contribution in [1.82, 2.24) is 4.98 Å². The van der Waals surface area contributed by atoms with Gasteiger partial charge in [0.25, 0.3) is 0 Å². The molecule has 1 aliphatic rings. The van der Waals surface area contributed by atoms with Gasteiger partial charge >= 0.3 is 0 Å². The molecule has 1 heterocycles. The molecule has 0 spiro atoms. The highest BCUT2D eigenvalue weighted by molar-refractivity contribution is 5.82. The number of para-hydroxylation sites is 1. The van der Waals surface area contributed by atoms with Gasteiger partial charge in [0.15, 0.2) is 0 Å². The van der Waals surface area contributed by atoms with Gasteiger partial charge in [-0.2, -0.15) is 0 Å². The molecular weight excluding hydrogens is 248 g/mol. The zero-order chi connectivity index (χ0) is 14.1. The molecule has 0 atom stereocenters. The molecule has 0 unspecified atom stereocenters. The second-order valence-corrected chi connectivity index (χ2v) is 5.52. The van der Waals surface area contributed by atoms with Crippen molar-refractivity contribution < 1.29 is 0 Å². The summed E-state index contributed by atoms with van der Waals surface area (Å²) in [6.07, 6.45) is 3.03. The Kier molecular flexibility index (Phi) is 3.30. The van der Waals surface area contributed by atoms with Crippen molar-refractivity contribution in [1.29, 1.82) is 5.41 Å². The van der Waals surface area contributed by atoms with Gasteiger partial charge in [-0.25, -0.2) is 4.98 Å². The van der Waals surface area contributed by atoms with Crippen molar-refractivity contribution in [3.05, 3.63) is 35.9 Å². The van der Waals surface area contributed by atoms with E-state index in [0.717, 1.165) is 17.9 Å². The summed E-state index contributed by atoms with van der Waals surface area (Å²) in [5, 5.41) is 8.60. The number of nitrogens with one attached hydrogen (secondary N) is 1. The Morgan fingerprint density at radius 2 is 2.15 bits per heavy atom. The highest BCUT2D eigenvalue weighted by Crippen LogP contribution is 2.33. The van der Waals surface area contributed by atoms with Crippen molar-refractivity contribution >= 4 is 22.6 Å². The molecule has 2 aromatic rings. The Balaban J connectivity index is 1.97. The average Bonchev–Trinajstić information content (AvgIpc) is 3.23. The number of aryl methyl sites for hydroxylation is 1. The van der Waals surface area contributed by atoms with E-state index in [0.29, 0.717) is 12.5 Å². The molecule has 1 aliphatic carbocycles. The minimum Gasteiger partial charge on any atom is -0.388 e. The lowest BCUT2D eigenvalue weighted by Gasteiger charge is -2.25. The maximum absolute atomic E-state index is 7.43. The molecule has 3 N–H and O–H groups in total. The van der Waals surface area contributed by atoms with Gasteiger partial charge in [0.05, 0.1) is 11.4 Å². The molecule has 4 heteroatoms. The van der Waals surface area contributed by atoms with Crippen LogP contribution in [0.5, 0.6) is 0 Å². The fourth-order valence-electron chi connectivity index (χ4n) is 2.59. The topological polar surface area (TPSA) is 66.0 Å².